The first-order valence-corrected chi connectivity index (χ1v) is 4.97. The van der Waals surface area contributed by atoms with Crippen LogP contribution in [0.4, 0.5) is 0 Å². The highest BCUT2D eigenvalue weighted by Crippen LogP contribution is 2.10. The molecular weight excluding hydrogens is 164 g/mol. The van der Waals surface area contributed by atoms with Crippen molar-refractivity contribution in [2.24, 2.45) is 5.92 Å². The molecule has 72 valence electrons. The largest absolute Gasteiger partial charge is 0.316 e. The number of rotatable bonds is 4. The van der Waals surface area contributed by atoms with E-state index in [9.17, 15) is 0 Å². The second-order valence-electron chi connectivity index (χ2n) is 3.63. The first kappa shape index (κ1) is 8.69. The Balaban J connectivity index is 1.96. The topological polar surface area (TPSA) is 42.7 Å². The van der Waals surface area contributed by atoms with Crippen LogP contribution in [0.15, 0.2) is 6.33 Å². The molecule has 4 heteroatoms. The molecule has 0 radical (unpaired) electrons. The normalized spacial score (nSPS) is 17.3. The van der Waals surface area contributed by atoms with Crippen molar-refractivity contribution in [3.8, 4) is 0 Å². The first-order valence-electron chi connectivity index (χ1n) is 4.97. The lowest BCUT2D eigenvalue weighted by molar-refractivity contribution is 0.334. The van der Waals surface area contributed by atoms with Gasteiger partial charge < -0.3 is 5.32 Å². The van der Waals surface area contributed by atoms with Gasteiger partial charge in [0.1, 0.15) is 12.2 Å². The van der Waals surface area contributed by atoms with E-state index >= 15 is 0 Å². The fraction of sp³-hybridized carbons (Fsp3) is 0.778. The van der Waals surface area contributed by atoms with Crippen LogP contribution in [0.3, 0.4) is 0 Å². The van der Waals surface area contributed by atoms with Crippen LogP contribution in [-0.4, -0.2) is 27.9 Å². The summed E-state index contributed by atoms with van der Waals surface area (Å²) in [6.45, 7) is 5.43. The molecule has 0 bridgehead atoms. The second-order valence-corrected chi connectivity index (χ2v) is 3.63. The zero-order valence-electron chi connectivity index (χ0n) is 8.03. The van der Waals surface area contributed by atoms with Gasteiger partial charge in [0.2, 0.25) is 0 Å². The minimum Gasteiger partial charge on any atom is -0.316 e. The first-order chi connectivity index (χ1) is 6.40. The van der Waals surface area contributed by atoms with Gasteiger partial charge in [-0.1, -0.05) is 6.92 Å². The lowest BCUT2D eigenvalue weighted by Gasteiger charge is -2.26. The zero-order valence-corrected chi connectivity index (χ0v) is 8.03. The van der Waals surface area contributed by atoms with Crippen molar-refractivity contribution >= 4 is 0 Å². The van der Waals surface area contributed by atoms with E-state index in [4.69, 9.17) is 0 Å². The highest BCUT2D eigenvalue weighted by molar-refractivity contribution is 4.91. The van der Waals surface area contributed by atoms with Gasteiger partial charge in [-0.15, -0.1) is 0 Å². The molecule has 13 heavy (non-hydrogen) atoms. The summed E-state index contributed by atoms with van der Waals surface area (Å²) in [7, 11) is 0. The Morgan fingerprint density at radius 1 is 1.62 bits per heavy atom. The SMILES string of the molecule is CCCn1ncnc1CC1CNC1. The molecular formula is C9H16N4. The van der Waals surface area contributed by atoms with Gasteiger partial charge in [0.25, 0.3) is 0 Å². The predicted molar refractivity (Wildman–Crippen MR) is 50.4 cm³/mol. The van der Waals surface area contributed by atoms with Gasteiger partial charge in [-0.2, -0.15) is 5.10 Å². The molecule has 0 aliphatic carbocycles. The number of hydrogen-bond donors (Lipinski definition) is 1. The number of nitrogens with one attached hydrogen (secondary N) is 1. The molecule has 1 aromatic heterocycles. The van der Waals surface area contributed by atoms with E-state index in [0.29, 0.717) is 0 Å². The Bertz CT molecular complexity index is 264. The quantitative estimate of drug-likeness (QED) is 0.731. The fourth-order valence-electron chi connectivity index (χ4n) is 1.60. The maximum Gasteiger partial charge on any atom is 0.138 e. The molecule has 1 aliphatic rings. The Hall–Kier alpha value is -0.900. The Morgan fingerprint density at radius 3 is 3.08 bits per heavy atom. The van der Waals surface area contributed by atoms with E-state index in [0.717, 1.165) is 44.2 Å². The minimum absolute atomic E-state index is 0.778. The highest BCUT2D eigenvalue weighted by atomic mass is 15.3. The van der Waals surface area contributed by atoms with Gasteiger partial charge >= 0.3 is 0 Å². The van der Waals surface area contributed by atoms with Crippen LogP contribution < -0.4 is 5.32 Å². The Labute approximate surface area is 78.4 Å². The lowest BCUT2D eigenvalue weighted by atomic mass is 9.99. The van der Waals surface area contributed by atoms with Gasteiger partial charge in [-0.3, -0.25) is 4.68 Å². The van der Waals surface area contributed by atoms with Crippen LogP contribution >= 0.6 is 0 Å². The van der Waals surface area contributed by atoms with Crippen molar-refractivity contribution in [1.82, 2.24) is 20.1 Å². The highest BCUT2D eigenvalue weighted by Gasteiger charge is 2.19. The van der Waals surface area contributed by atoms with Crippen LogP contribution in [-0.2, 0) is 13.0 Å². The van der Waals surface area contributed by atoms with Gasteiger partial charge in [0.05, 0.1) is 0 Å². The van der Waals surface area contributed by atoms with E-state index in [-0.39, 0.29) is 0 Å². The maximum atomic E-state index is 4.28. The van der Waals surface area contributed by atoms with Crippen LogP contribution in [0, 0.1) is 5.92 Å². The molecule has 1 aliphatic heterocycles. The molecule has 2 heterocycles. The molecule has 1 fully saturated rings. The molecule has 2 rings (SSSR count). The summed E-state index contributed by atoms with van der Waals surface area (Å²) < 4.78 is 2.03. The number of aryl methyl sites for hydroxylation is 1. The van der Waals surface area contributed by atoms with Crippen LogP contribution in [0.25, 0.3) is 0 Å². The summed E-state index contributed by atoms with van der Waals surface area (Å²) in [5.74, 6) is 1.92. The van der Waals surface area contributed by atoms with Gasteiger partial charge in [-0.25, -0.2) is 4.98 Å². The van der Waals surface area contributed by atoms with Crippen LogP contribution in [0.5, 0.6) is 0 Å². The molecule has 1 saturated heterocycles. The van der Waals surface area contributed by atoms with Crippen molar-refractivity contribution in [2.75, 3.05) is 13.1 Å². The molecule has 0 spiro atoms. The smallest absolute Gasteiger partial charge is 0.138 e. The molecule has 0 aromatic carbocycles. The third-order valence-electron chi connectivity index (χ3n) is 2.47. The van der Waals surface area contributed by atoms with Crippen LogP contribution in [0.1, 0.15) is 19.2 Å². The van der Waals surface area contributed by atoms with Crippen LogP contribution in [0.2, 0.25) is 0 Å². The molecule has 0 atom stereocenters. The monoisotopic (exact) mass is 180 g/mol. The maximum absolute atomic E-state index is 4.28. The van der Waals surface area contributed by atoms with E-state index in [1.165, 1.54) is 0 Å². The average Bonchev–Trinajstić information content (AvgIpc) is 2.46. The second kappa shape index (κ2) is 3.87. The summed E-state index contributed by atoms with van der Waals surface area (Å²) >= 11 is 0. The summed E-state index contributed by atoms with van der Waals surface area (Å²) in [6.07, 6.45) is 3.86. The molecule has 1 N–H and O–H groups in total. The average molecular weight is 180 g/mol. The van der Waals surface area contributed by atoms with Crippen molar-refractivity contribution in [3.63, 3.8) is 0 Å². The fourth-order valence-corrected chi connectivity index (χ4v) is 1.60. The van der Waals surface area contributed by atoms with Crippen molar-refractivity contribution in [2.45, 2.75) is 26.3 Å². The number of aromatic nitrogens is 3. The van der Waals surface area contributed by atoms with Gasteiger partial charge in [0.15, 0.2) is 0 Å². The summed E-state index contributed by atoms with van der Waals surface area (Å²) in [6, 6.07) is 0. The van der Waals surface area contributed by atoms with Crippen molar-refractivity contribution in [3.05, 3.63) is 12.2 Å². The van der Waals surface area contributed by atoms with E-state index in [1.807, 2.05) is 4.68 Å². The Morgan fingerprint density at radius 2 is 2.46 bits per heavy atom. The zero-order chi connectivity index (χ0) is 9.10. The third-order valence-corrected chi connectivity index (χ3v) is 2.47. The lowest BCUT2D eigenvalue weighted by Crippen LogP contribution is -2.43. The molecule has 4 nitrogen and oxygen atoms in total. The summed E-state index contributed by atoms with van der Waals surface area (Å²) in [5.41, 5.74) is 0. The number of hydrogen-bond acceptors (Lipinski definition) is 3. The van der Waals surface area contributed by atoms with Gasteiger partial charge in [0, 0.05) is 13.0 Å². The Kier molecular flexibility index (Phi) is 2.59. The van der Waals surface area contributed by atoms with Crippen molar-refractivity contribution in [1.29, 1.82) is 0 Å². The summed E-state index contributed by atoms with van der Waals surface area (Å²) in [5, 5.41) is 7.47. The third kappa shape index (κ3) is 1.88. The van der Waals surface area contributed by atoms with E-state index in [2.05, 4.69) is 22.3 Å². The van der Waals surface area contributed by atoms with Crippen molar-refractivity contribution < 1.29 is 0 Å². The standard InChI is InChI=1S/C9H16N4/c1-2-3-13-9(11-7-12-13)4-8-5-10-6-8/h7-8,10H,2-6H2,1H3. The predicted octanol–water partition coefficient (Wildman–Crippen LogP) is 0.450. The summed E-state index contributed by atoms with van der Waals surface area (Å²) in [4.78, 5) is 4.28. The number of nitrogens with zero attached hydrogens (tertiary/aromatic N) is 3. The van der Waals surface area contributed by atoms with E-state index in [1.54, 1.807) is 6.33 Å². The van der Waals surface area contributed by atoms with E-state index < -0.39 is 0 Å². The molecule has 0 unspecified atom stereocenters. The minimum atomic E-state index is 0.778. The molecule has 1 aromatic rings. The molecule has 0 amide bonds. The van der Waals surface area contributed by atoms with Gasteiger partial charge in [-0.05, 0) is 25.4 Å². The molecule has 0 saturated carbocycles.